The van der Waals surface area contributed by atoms with E-state index in [9.17, 15) is 18.0 Å². The normalized spacial score (nSPS) is 12.5. The molecule has 0 aromatic heterocycles. The van der Waals surface area contributed by atoms with E-state index in [2.05, 4.69) is 5.32 Å². The molecule has 8 nitrogen and oxygen atoms in total. The van der Waals surface area contributed by atoms with Crippen LogP contribution in [0.15, 0.2) is 48.5 Å². The number of anilines is 1. The number of carbonyl (C=O) groups is 2. The molecular formula is C28H41N3O5S. The van der Waals surface area contributed by atoms with Crippen LogP contribution in [0.5, 0.6) is 5.75 Å². The van der Waals surface area contributed by atoms with Gasteiger partial charge in [0.05, 0.1) is 19.1 Å². The molecule has 0 spiro atoms. The van der Waals surface area contributed by atoms with Crippen LogP contribution in [0.3, 0.4) is 0 Å². The Hall–Kier alpha value is -3.07. The van der Waals surface area contributed by atoms with Gasteiger partial charge in [-0.25, -0.2) is 8.42 Å². The van der Waals surface area contributed by atoms with E-state index in [0.717, 1.165) is 17.4 Å². The summed E-state index contributed by atoms with van der Waals surface area (Å²) in [5.41, 5.74) is 2.04. The fraction of sp³-hybridized carbons (Fsp3) is 0.500. The van der Waals surface area contributed by atoms with E-state index in [0.29, 0.717) is 30.8 Å². The highest BCUT2D eigenvalue weighted by atomic mass is 32.2. The Labute approximate surface area is 222 Å². The van der Waals surface area contributed by atoms with Gasteiger partial charge < -0.3 is 15.0 Å². The monoisotopic (exact) mass is 531 g/mol. The zero-order valence-electron chi connectivity index (χ0n) is 23.1. The smallest absolute Gasteiger partial charge is 0.243 e. The van der Waals surface area contributed by atoms with Gasteiger partial charge in [0.25, 0.3) is 0 Å². The van der Waals surface area contributed by atoms with E-state index in [1.807, 2.05) is 58.9 Å². The number of hydrogen-bond acceptors (Lipinski definition) is 5. The fourth-order valence-corrected chi connectivity index (χ4v) is 5.07. The average molecular weight is 532 g/mol. The number of sulfonamides is 1. The summed E-state index contributed by atoms with van der Waals surface area (Å²) in [7, 11) is -2.06. The standard InChI is InChI=1S/C28H41N3O5S/c1-8-25(27(33)29-28(3,4)5)30(20-22-14-10-9-13-21(22)2)26(32)17-12-18-31(37(7,34)35)23-15-11-16-24(19-23)36-6/h9-11,13-16,19,25H,8,12,17-18,20H2,1-7H3,(H,29,33). The number of hydrogen-bond donors (Lipinski definition) is 1. The molecule has 0 radical (unpaired) electrons. The van der Waals surface area contributed by atoms with Gasteiger partial charge in [0, 0.05) is 31.1 Å². The van der Waals surface area contributed by atoms with Crippen LogP contribution < -0.4 is 14.4 Å². The van der Waals surface area contributed by atoms with E-state index in [4.69, 9.17) is 4.74 Å². The highest BCUT2D eigenvalue weighted by Gasteiger charge is 2.31. The van der Waals surface area contributed by atoms with Crippen molar-refractivity contribution in [1.82, 2.24) is 10.2 Å². The van der Waals surface area contributed by atoms with Gasteiger partial charge in [0.2, 0.25) is 21.8 Å². The first-order chi connectivity index (χ1) is 17.3. The third kappa shape index (κ3) is 9.07. The van der Waals surface area contributed by atoms with Crippen LogP contribution in [-0.4, -0.2) is 56.6 Å². The molecule has 1 atom stereocenters. The Balaban J connectivity index is 2.26. The van der Waals surface area contributed by atoms with Crippen molar-refractivity contribution in [1.29, 1.82) is 0 Å². The van der Waals surface area contributed by atoms with Crippen LogP contribution in [0, 0.1) is 6.92 Å². The molecule has 0 heterocycles. The second-order valence-corrected chi connectivity index (χ2v) is 12.2. The summed E-state index contributed by atoms with van der Waals surface area (Å²) in [5, 5.41) is 3.00. The highest BCUT2D eigenvalue weighted by Crippen LogP contribution is 2.24. The SMILES string of the molecule is CCC(C(=O)NC(C)(C)C)N(Cc1ccccc1C)C(=O)CCCN(c1cccc(OC)c1)S(C)(=O)=O. The molecule has 0 saturated carbocycles. The predicted molar refractivity (Wildman–Crippen MR) is 148 cm³/mol. The number of nitrogens with zero attached hydrogens (tertiary/aromatic N) is 2. The van der Waals surface area contributed by atoms with Crippen molar-refractivity contribution in [3.63, 3.8) is 0 Å². The first-order valence-corrected chi connectivity index (χ1v) is 14.4. The van der Waals surface area contributed by atoms with Gasteiger partial charge in [-0.1, -0.05) is 37.3 Å². The summed E-state index contributed by atoms with van der Waals surface area (Å²) < 4.78 is 31.6. The Kier molecular flexibility index (Phi) is 10.5. The van der Waals surface area contributed by atoms with E-state index in [-0.39, 0.29) is 24.8 Å². The van der Waals surface area contributed by atoms with Crippen molar-refractivity contribution in [2.75, 3.05) is 24.2 Å². The van der Waals surface area contributed by atoms with Gasteiger partial charge in [-0.05, 0) is 63.8 Å². The van der Waals surface area contributed by atoms with Crippen LogP contribution in [0.1, 0.15) is 58.1 Å². The summed E-state index contributed by atoms with van der Waals surface area (Å²) in [6.07, 6.45) is 1.99. The molecule has 204 valence electrons. The molecule has 1 N–H and O–H groups in total. The molecular weight excluding hydrogens is 490 g/mol. The van der Waals surface area contributed by atoms with E-state index < -0.39 is 21.6 Å². The highest BCUT2D eigenvalue weighted by molar-refractivity contribution is 7.92. The van der Waals surface area contributed by atoms with Crippen molar-refractivity contribution in [2.24, 2.45) is 0 Å². The minimum absolute atomic E-state index is 0.0984. The third-order valence-corrected chi connectivity index (χ3v) is 7.17. The predicted octanol–water partition coefficient (Wildman–Crippen LogP) is 4.27. The maximum Gasteiger partial charge on any atom is 0.243 e. The van der Waals surface area contributed by atoms with Gasteiger partial charge in [-0.2, -0.15) is 0 Å². The molecule has 9 heteroatoms. The minimum atomic E-state index is -3.58. The largest absolute Gasteiger partial charge is 0.497 e. The maximum atomic E-state index is 13.6. The number of nitrogens with one attached hydrogen (secondary N) is 1. The molecule has 0 fully saturated rings. The number of ether oxygens (including phenoxy) is 1. The first-order valence-electron chi connectivity index (χ1n) is 12.5. The van der Waals surface area contributed by atoms with Crippen molar-refractivity contribution >= 4 is 27.5 Å². The fourth-order valence-electron chi connectivity index (χ4n) is 4.11. The summed E-state index contributed by atoms with van der Waals surface area (Å²) in [6, 6.07) is 14.0. The lowest BCUT2D eigenvalue weighted by Crippen LogP contribution is -2.53. The number of methoxy groups -OCH3 is 1. The molecule has 37 heavy (non-hydrogen) atoms. The van der Waals surface area contributed by atoms with E-state index in [1.165, 1.54) is 11.4 Å². The van der Waals surface area contributed by atoms with Crippen LogP contribution >= 0.6 is 0 Å². The lowest BCUT2D eigenvalue weighted by atomic mass is 10.0. The number of benzene rings is 2. The quantitative estimate of drug-likeness (QED) is 0.441. The van der Waals surface area contributed by atoms with Crippen molar-refractivity contribution in [3.05, 3.63) is 59.7 Å². The Morgan fingerprint density at radius 1 is 1.08 bits per heavy atom. The number of carbonyl (C=O) groups excluding carboxylic acids is 2. The summed E-state index contributed by atoms with van der Waals surface area (Å²) >= 11 is 0. The van der Waals surface area contributed by atoms with Crippen LogP contribution in [0.4, 0.5) is 5.69 Å². The zero-order chi connectivity index (χ0) is 27.8. The summed E-state index contributed by atoms with van der Waals surface area (Å²) in [4.78, 5) is 28.3. The van der Waals surface area contributed by atoms with Crippen LogP contribution in [-0.2, 0) is 26.2 Å². The molecule has 1 unspecified atom stereocenters. The summed E-state index contributed by atoms with van der Waals surface area (Å²) in [6.45, 7) is 10.0. The molecule has 0 aliphatic carbocycles. The van der Waals surface area contributed by atoms with Crippen molar-refractivity contribution in [3.8, 4) is 5.75 Å². The molecule has 2 aromatic carbocycles. The van der Waals surface area contributed by atoms with Gasteiger partial charge >= 0.3 is 0 Å². The lowest BCUT2D eigenvalue weighted by molar-refractivity contribution is -0.142. The average Bonchev–Trinajstić information content (AvgIpc) is 2.80. The lowest BCUT2D eigenvalue weighted by Gasteiger charge is -2.33. The van der Waals surface area contributed by atoms with Crippen LogP contribution in [0.2, 0.25) is 0 Å². The first kappa shape index (κ1) is 30.2. The molecule has 0 saturated heterocycles. The van der Waals surface area contributed by atoms with Gasteiger partial charge in [-0.15, -0.1) is 0 Å². The van der Waals surface area contributed by atoms with Gasteiger partial charge in [0.15, 0.2) is 0 Å². The second kappa shape index (κ2) is 12.9. The van der Waals surface area contributed by atoms with E-state index in [1.54, 1.807) is 29.2 Å². The molecule has 2 rings (SSSR count). The van der Waals surface area contributed by atoms with Crippen molar-refractivity contribution in [2.45, 2.75) is 72.0 Å². The van der Waals surface area contributed by atoms with Crippen LogP contribution in [0.25, 0.3) is 0 Å². The van der Waals surface area contributed by atoms with Crippen molar-refractivity contribution < 1.29 is 22.7 Å². The second-order valence-electron chi connectivity index (χ2n) is 10.3. The van der Waals surface area contributed by atoms with Gasteiger partial charge in [0.1, 0.15) is 11.8 Å². The third-order valence-electron chi connectivity index (χ3n) is 5.98. The number of rotatable bonds is 12. The molecule has 0 bridgehead atoms. The Bertz CT molecular complexity index is 1170. The molecule has 2 aromatic rings. The van der Waals surface area contributed by atoms with Gasteiger partial charge in [-0.3, -0.25) is 13.9 Å². The Morgan fingerprint density at radius 2 is 1.76 bits per heavy atom. The molecule has 0 aliphatic heterocycles. The summed E-state index contributed by atoms with van der Waals surface area (Å²) in [5.74, 6) is 0.145. The maximum absolute atomic E-state index is 13.6. The molecule has 2 amide bonds. The topological polar surface area (TPSA) is 96.0 Å². The number of aryl methyl sites for hydroxylation is 1. The Morgan fingerprint density at radius 3 is 2.32 bits per heavy atom. The van der Waals surface area contributed by atoms with E-state index >= 15 is 0 Å². The zero-order valence-corrected chi connectivity index (χ0v) is 23.9. The minimum Gasteiger partial charge on any atom is -0.497 e. The molecule has 0 aliphatic rings. The number of amides is 2.